The van der Waals surface area contributed by atoms with Crippen LogP contribution < -0.4 is 26.8 Å². The molecule has 3 aliphatic rings. The highest BCUT2D eigenvalue weighted by Gasteiger charge is 2.43. The summed E-state index contributed by atoms with van der Waals surface area (Å²) in [6, 6.07) is 0.0139. The molecule has 5 N–H and O–H groups in total. The Balaban J connectivity index is 1.70. The van der Waals surface area contributed by atoms with Gasteiger partial charge in [0.25, 0.3) is 0 Å². The van der Waals surface area contributed by atoms with Crippen LogP contribution in [0.1, 0.15) is 26.2 Å². The van der Waals surface area contributed by atoms with Crippen LogP contribution in [0.4, 0.5) is 8.78 Å². The minimum Gasteiger partial charge on any atom is -0.383 e. The molecule has 2 aliphatic heterocycles. The molecule has 29 heavy (non-hydrogen) atoms. The molecular weight excluding hydrogens is 406 g/mol. The minimum absolute atomic E-state index is 0.0431. The van der Waals surface area contributed by atoms with Crippen LogP contribution in [-0.2, 0) is 9.53 Å². The number of hydrogen-bond donors (Lipinski definition) is 5. The third-order valence-electron chi connectivity index (χ3n) is 5.74. The van der Waals surface area contributed by atoms with E-state index in [0.29, 0.717) is 19.6 Å². The van der Waals surface area contributed by atoms with Gasteiger partial charge in [0, 0.05) is 44.1 Å². The van der Waals surface area contributed by atoms with Gasteiger partial charge in [0.1, 0.15) is 18.5 Å². The van der Waals surface area contributed by atoms with Crippen LogP contribution in [0.5, 0.6) is 0 Å². The third kappa shape index (κ3) is 5.75. The average Bonchev–Trinajstić information content (AvgIpc) is 3.08. The first-order valence-electron chi connectivity index (χ1n) is 10.2. The highest BCUT2D eigenvalue weighted by atomic mass is 35.5. The quantitative estimate of drug-likeness (QED) is 0.240. The van der Waals surface area contributed by atoms with Gasteiger partial charge in [-0.15, -0.1) is 11.6 Å². The summed E-state index contributed by atoms with van der Waals surface area (Å²) in [6.07, 6.45) is -3.17. The number of guanidine groups is 1. The van der Waals surface area contributed by atoms with Gasteiger partial charge in [-0.05, 0) is 26.2 Å². The van der Waals surface area contributed by atoms with Crippen LogP contribution in [0, 0.1) is 11.8 Å². The van der Waals surface area contributed by atoms with Crippen LogP contribution >= 0.6 is 11.6 Å². The molecule has 1 aliphatic carbocycles. The molecule has 3 fully saturated rings. The number of hydrazine groups is 1. The number of nitrogens with one attached hydrogen (secondary N) is 5. The number of nitrogens with zero attached hydrogens (tertiary/aromatic N) is 1. The molecule has 8 atom stereocenters. The van der Waals surface area contributed by atoms with Crippen molar-refractivity contribution < 1.29 is 18.3 Å². The molecule has 1 amide bonds. The summed E-state index contributed by atoms with van der Waals surface area (Å²) in [5, 5.41) is 9.06. The molecule has 0 spiro atoms. The number of aliphatic imine (C=N–C) groups is 1. The number of methoxy groups -OCH3 is 1. The highest BCUT2D eigenvalue weighted by Crippen LogP contribution is 2.29. The number of alkyl halides is 3. The lowest BCUT2D eigenvalue weighted by molar-refractivity contribution is -0.125. The van der Waals surface area contributed by atoms with Gasteiger partial charge in [0.15, 0.2) is 5.96 Å². The highest BCUT2D eigenvalue weighted by molar-refractivity contribution is 6.21. The lowest BCUT2D eigenvalue weighted by Gasteiger charge is -2.31. The molecule has 2 saturated heterocycles. The standard InChI is InChI=1S/C18H31ClF2N6O2/c1-9(8-29-2)23-18(25-17(28)10-3-4-12(20)13(21)5-10)24-16-15-11(19)6-22-7-14(15)26-27-16/h9-16,22,26-27H,3-8H2,1-2H3,(H2,23,24,25,28)/t9-,10?,11?,12?,13?,14?,15?,16?/m0/s1. The van der Waals surface area contributed by atoms with Gasteiger partial charge in [-0.25, -0.2) is 19.2 Å². The number of rotatable bonds is 5. The van der Waals surface area contributed by atoms with E-state index in [1.54, 1.807) is 7.11 Å². The molecule has 2 heterocycles. The zero-order chi connectivity index (χ0) is 21.0. The fraction of sp³-hybridized carbons (Fsp3) is 0.889. The van der Waals surface area contributed by atoms with Gasteiger partial charge in [0.2, 0.25) is 5.91 Å². The Labute approximate surface area is 174 Å². The largest absolute Gasteiger partial charge is 0.383 e. The summed E-state index contributed by atoms with van der Waals surface area (Å²) in [7, 11) is 1.59. The van der Waals surface area contributed by atoms with E-state index in [-0.39, 0.29) is 54.3 Å². The van der Waals surface area contributed by atoms with Gasteiger partial charge in [-0.2, -0.15) is 0 Å². The number of piperidine rings is 1. The summed E-state index contributed by atoms with van der Waals surface area (Å²) in [5.74, 6) is -0.615. The summed E-state index contributed by atoms with van der Waals surface area (Å²) >= 11 is 6.49. The monoisotopic (exact) mass is 436 g/mol. The number of carbonyl (C=O) groups excluding carboxylic acids is 1. The average molecular weight is 437 g/mol. The number of hydrogen-bond acceptors (Lipinski definition) is 6. The van der Waals surface area contributed by atoms with Crippen molar-refractivity contribution >= 4 is 23.5 Å². The first-order valence-corrected chi connectivity index (χ1v) is 10.6. The second kappa shape index (κ2) is 10.3. The molecule has 0 aromatic heterocycles. The molecule has 0 bridgehead atoms. The Morgan fingerprint density at radius 1 is 1.28 bits per heavy atom. The topological polar surface area (TPSA) is 98.8 Å². The van der Waals surface area contributed by atoms with Crippen LogP contribution in [0.25, 0.3) is 0 Å². The molecule has 7 unspecified atom stereocenters. The van der Waals surface area contributed by atoms with Gasteiger partial charge in [-0.1, -0.05) is 0 Å². The van der Waals surface area contributed by atoms with E-state index in [2.05, 4.69) is 31.8 Å². The van der Waals surface area contributed by atoms with Gasteiger partial charge < -0.3 is 15.4 Å². The van der Waals surface area contributed by atoms with Crippen molar-refractivity contribution in [2.75, 3.05) is 26.8 Å². The van der Waals surface area contributed by atoms with E-state index in [4.69, 9.17) is 16.3 Å². The van der Waals surface area contributed by atoms with Crippen LogP contribution in [0.15, 0.2) is 4.99 Å². The van der Waals surface area contributed by atoms with Crippen molar-refractivity contribution in [3.63, 3.8) is 0 Å². The molecule has 8 nitrogen and oxygen atoms in total. The fourth-order valence-corrected chi connectivity index (χ4v) is 4.60. The Morgan fingerprint density at radius 2 is 2.07 bits per heavy atom. The Bertz CT molecular complexity index is 601. The zero-order valence-electron chi connectivity index (χ0n) is 16.8. The molecule has 11 heteroatoms. The molecule has 166 valence electrons. The molecule has 0 radical (unpaired) electrons. The van der Waals surface area contributed by atoms with E-state index in [1.807, 2.05) is 6.92 Å². The molecular formula is C18H31ClF2N6O2. The lowest BCUT2D eigenvalue weighted by atomic mass is 9.86. The number of amides is 1. The second-order valence-corrected chi connectivity index (χ2v) is 8.66. The van der Waals surface area contributed by atoms with Gasteiger partial charge in [-0.3, -0.25) is 15.5 Å². The zero-order valence-corrected chi connectivity index (χ0v) is 17.5. The van der Waals surface area contributed by atoms with Gasteiger partial charge in [0.05, 0.1) is 12.0 Å². The predicted molar refractivity (Wildman–Crippen MR) is 107 cm³/mol. The normalized spacial score (nSPS) is 38.9. The van der Waals surface area contributed by atoms with Crippen LogP contribution in [0.3, 0.4) is 0 Å². The SMILES string of the molecule is COC[C@H](C)N/C(=N\C1NNC2CNCC(Cl)C21)NC(=O)C1CCC(F)C(F)C1. The van der Waals surface area contributed by atoms with E-state index in [1.165, 1.54) is 0 Å². The predicted octanol–water partition coefficient (Wildman–Crippen LogP) is 0.189. The smallest absolute Gasteiger partial charge is 0.229 e. The van der Waals surface area contributed by atoms with E-state index < -0.39 is 18.3 Å². The minimum atomic E-state index is -1.60. The number of fused-ring (bicyclic) bond motifs is 1. The van der Waals surface area contributed by atoms with E-state index in [0.717, 1.165) is 6.54 Å². The summed E-state index contributed by atoms with van der Waals surface area (Å²) < 4.78 is 32.3. The maximum absolute atomic E-state index is 13.7. The van der Waals surface area contributed by atoms with Crippen molar-refractivity contribution in [1.29, 1.82) is 0 Å². The first kappa shape index (κ1) is 22.6. The Hall–Kier alpha value is -1.07. The van der Waals surface area contributed by atoms with Crippen molar-refractivity contribution in [2.45, 2.75) is 62.2 Å². The maximum Gasteiger partial charge on any atom is 0.229 e. The summed E-state index contributed by atoms with van der Waals surface area (Å²) in [4.78, 5) is 17.4. The summed E-state index contributed by atoms with van der Waals surface area (Å²) in [6.45, 7) is 3.76. The summed E-state index contributed by atoms with van der Waals surface area (Å²) in [5.41, 5.74) is 6.33. The third-order valence-corrected chi connectivity index (χ3v) is 6.19. The second-order valence-electron chi connectivity index (χ2n) is 8.10. The lowest BCUT2D eigenvalue weighted by Crippen LogP contribution is -2.52. The van der Waals surface area contributed by atoms with Crippen molar-refractivity contribution in [3.8, 4) is 0 Å². The Kier molecular flexibility index (Phi) is 8.03. The Morgan fingerprint density at radius 3 is 2.79 bits per heavy atom. The van der Waals surface area contributed by atoms with Gasteiger partial charge >= 0.3 is 0 Å². The molecule has 3 rings (SSSR count). The number of carbonyl (C=O) groups is 1. The van der Waals surface area contributed by atoms with Crippen LogP contribution in [-0.4, -0.2) is 74.6 Å². The maximum atomic E-state index is 13.7. The van der Waals surface area contributed by atoms with Crippen LogP contribution in [0.2, 0.25) is 0 Å². The number of halogens is 3. The molecule has 0 aromatic rings. The fourth-order valence-electron chi connectivity index (χ4n) is 4.18. The molecule has 0 aromatic carbocycles. The van der Waals surface area contributed by atoms with Crippen molar-refractivity contribution in [2.24, 2.45) is 16.8 Å². The van der Waals surface area contributed by atoms with Crippen molar-refractivity contribution in [1.82, 2.24) is 26.8 Å². The van der Waals surface area contributed by atoms with E-state index in [9.17, 15) is 13.6 Å². The molecule has 1 saturated carbocycles. The van der Waals surface area contributed by atoms with Crippen molar-refractivity contribution in [3.05, 3.63) is 0 Å². The van der Waals surface area contributed by atoms with E-state index >= 15 is 0 Å². The first-order chi connectivity index (χ1) is 13.9. The number of ether oxygens (including phenoxy) is 1.